The Hall–Kier alpha value is -0.760. The van der Waals surface area contributed by atoms with E-state index in [1.807, 2.05) is 0 Å². The SMILES string of the molecule is C[C@@H]1O[C@@H](O[C@H]2[C@H](O[C@H]3[C@H](O)[C@@H](O[C@@H]4O[C@@H](C)[C@@H](O)[C@@H](O)[C@@H]4O)C(O)O[C@@H]3CO)O[C@H](CO)[C@H](O)[C@@H]2O)[C@@H](O)[C@H](O)[C@@H]1O. The highest BCUT2D eigenvalue weighted by atomic mass is 16.8. The summed E-state index contributed by atoms with van der Waals surface area (Å²) in [4.78, 5) is 0. The van der Waals surface area contributed by atoms with Crippen LogP contribution >= 0.6 is 0 Å². The van der Waals surface area contributed by atoms with Gasteiger partial charge in [-0.15, -0.1) is 0 Å². The average molecular weight is 635 g/mol. The van der Waals surface area contributed by atoms with Gasteiger partial charge in [-0.05, 0) is 13.8 Å². The Bertz CT molecular complexity index is 886. The summed E-state index contributed by atoms with van der Waals surface area (Å²) < 4.78 is 38.6. The van der Waals surface area contributed by atoms with Crippen molar-refractivity contribution < 1.29 is 94.4 Å². The maximum atomic E-state index is 11.2. The Balaban J connectivity index is 1.56. The van der Waals surface area contributed by atoms with Gasteiger partial charge in [0.05, 0.1) is 25.4 Å². The smallest absolute Gasteiger partial charge is 0.187 e. The van der Waals surface area contributed by atoms with Crippen LogP contribution in [0, 0.1) is 0 Å². The molecule has 1 unspecified atom stereocenters. The van der Waals surface area contributed by atoms with E-state index >= 15 is 0 Å². The zero-order valence-electron chi connectivity index (χ0n) is 23.2. The summed E-state index contributed by atoms with van der Waals surface area (Å²) in [6.45, 7) is 1.07. The van der Waals surface area contributed by atoms with Gasteiger partial charge in [0.25, 0.3) is 0 Å². The zero-order valence-corrected chi connectivity index (χ0v) is 23.2. The second kappa shape index (κ2) is 14.3. The largest absolute Gasteiger partial charge is 0.394 e. The lowest BCUT2D eigenvalue weighted by molar-refractivity contribution is -0.396. The molecule has 4 rings (SSSR count). The summed E-state index contributed by atoms with van der Waals surface area (Å²) in [6.07, 6.45) is -33.0. The highest BCUT2D eigenvalue weighted by Gasteiger charge is 2.55. The van der Waals surface area contributed by atoms with Crippen molar-refractivity contribution in [3.63, 3.8) is 0 Å². The van der Waals surface area contributed by atoms with E-state index in [-0.39, 0.29) is 0 Å². The number of ether oxygens (including phenoxy) is 7. The van der Waals surface area contributed by atoms with Crippen LogP contribution in [-0.4, -0.2) is 197 Å². The zero-order chi connectivity index (χ0) is 31.9. The molecule has 0 amide bonds. The van der Waals surface area contributed by atoms with E-state index in [4.69, 9.17) is 33.2 Å². The summed E-state index contributed by atoms with van der Waals surface area (Å²) in [7, 11) is 0. The maximum Gasteiger partial charge on any atom is 0.187 e. The first kappa shape index (κ1) is 35.1. The van der Waals surface area contributed by atoms with Crippen molar-refractivity contribution in [1.82, 2.24) is 0 Å². The fraction of sp³-hybridized carbons (Fsp3) is 1.00. The minimum absolute atomic E-state index is 0.823. The second-order valence-electron chi connectivity index (χ2n) is 11.1. The molecule has 0 saturated carbocycles. The van der Waals surface area contributed by atoms with Crippen LogP contribution in [0.15, 0.2) is 0 Å². The van der Waals surface area contributed by atoms with Crippen LogP contribution in [0.5, 0.6) is 0 Å². The van der Waals surface area contributed by atoms with Crippen LogP contribution in [0.1, 0.15) is 13.8 Å². The molecule has 4 fully saturated rings. The van der Waals surface area contributed by atoms with E-state index in [2.05, 4.69) is 0 Å². The molecule has 0 aliphatic carbocycles. The summed E-state index contributed by atoms with van der Waals surface area (Å²) >= 11 is 0. The molecule has 4 aliphatic rings. The molecular weight excluding hydrogens is 592 g/mol. The Morgan fingerprint density at radius 2 is 0.884 bits per heavy atom. The Labute approximate surface area is 244 Å². The van der Waals surface area contributed by atoms with E-state index in [0.717, 1.165) is 0 Å². The van der Waals surface area contributed by atoms with Crippen molar-refractivity contribution >= 4 is 0 Å². The van der Waals surface area contributed by atoms with Crippen molar-refractivity contribution in [1.29, 1.82) is 0 Å². The fourth-order valence-corrected chi connectivity index (χ4v) is 5.40. The highest BCUT2D eigenvalue weighted by molar-refractivity contribution is 4.97. The third kappa shape index (κ3) is 7.00. The van der Waals surface area contributed by atoms with Crippen molar-refractivity contribution in [2.45, 2.75) is 137 Å². The molecule has 20 atom stereocenters. The van der Waals surface area contributed by atoms with Crippen molar-refractivity contribution in [2.75, 3.05) is 13.2 Å². The lowest BCUT2D eigenvalue weighted by atomic mass is 9.96. The van der Waals surface area contributed by atoms with Gasteiger partial charge < -0.3 is 94.4 Å². The van der Waals surface area contributed by atoms with Crippen LogP contribution in [-0.2, 0) is 33.2 Å². The van der Waals surface area contributed by atoms with Gasteiger partial charge in [0.15, 0.2) is 25.2 Å². The molecule has 0 aromatic heterocycles. The molecule has 0 aromatic carbocycles. The number of rotatable bonds is 8. The first-order valence-electron chi connectivity index (χ1n) is 13.8. The topological polar surface area (TPSA) is 307 Å². The van der Waals surface area contributed by atoms with Crippen LogP contribution in [0.4, 0.5) is 0 Å². The first-order chi connectivity index (χ1) is 20.2. The van der Waals surface area contributed by atoms with Gasteiger partial charge in [0, 0.05) is 0 Å². The Morgan fingerprint density at radius 1 is 0.419 bits per heavy atom. The number of hydrogen-bond donors (Lipinski definition) is 12. The lowest BCUT2D eigenvalue weighted by Gasteiger charge is -2.49. The molecule has 0 aromatic rings. The van der Waals surface area contributed by atoms with Gasteiger partial charge in [0.1, 0.15) is 85.5 Å². The molecule has 19 heteroatoms. The molecule has 0 bridgehead atoms. The minimum atomic E-state index is -1.95. The maximum absolute atomic E-state index is 11.2. The highest BCUT2D eigenvalue weighted by Crippen LogP contribution is 2.34. The van der Waals surface area contributed by atoms with Gasteiger partial charge in [0.2, 0.25) is 0 Å². The van der Waals surface area contributed by atoms with Crippen molar-refractivity contribution in [2.24, 2.45) is 0 Å². The molecule has 0 radical (unpaired) electrons. The molecule has 0 spiro atoms. The first-order valence-corrected chi connectivity index (χ1v) is 13.8. The van der Waals surface area contributed by atoms with Crippen LogP contribution < -0.4 is 0 Å². The standard InChI is InChI=1S/C24H42O19/c1-5-9(27)12(30)15(33)22(37-5)42-19-17(35)18(8(4-26)39-21(19)36)41-24-20(14(32)11(29)7(3-25)40-24)43-23-16(34)13(31)10(28)6(2)38-23/h5-36H,3-4H2,1-2H3/t5-,6-,7+,8+,9+,10+,11-,12+,13+,14-,15-,16-,17-,18+,19+,20+,21?,22-,23-,24-/m0/s1. The predicted molar refractivity (Wildman–Crippen MR) is 131 cm³/mol. The molecule has 12 N–H and O–H groups in total. The van der Waals surface area contributed by atoms with Crippen LogP contribution in [0.3, 0.4) is 0 Å². The van der Waals surface area contributed by atoms with E-state index in [1.54, 1.807) is 0 Å². The summed E-state index contributed by atoms with van der Waals surface area (Å²) in [6, 6.07) is 0. The van der Waals surface area contributed by atoms with Gasteiger partial charge in [-0.1, -0.05) is 0 Å². The van der Waals surface area contributed by atoms with E-state index in [0.29, 0.717) is 0 Å². The van der Waals surface area contributed by atoms with Gasteiger partial charge in [-0.2, -0.15) is 0 Å². The quantitative estimate of drug-likeness (QED) is 0.118. The predicted octanol–water partition coefficient (Wildman–Crippen LogP) is -7.69. The van der Waals surface area contributed by atoms with Gasteiger partial charge >= 0.3 is 0 Å². The molecular formula is C24H42O19. The molecule has 4 aliphatic heterocycles. The number of hydrogen-bond acceptors (Lipinski definition) is 19. The third-order valence-electron chi connectivity index (χ3n) is 8.13. The van der Waals surface area contributed by atoms with Crippen LogP contribution in [0.25, 0.3) is 0 Å². The second-order valence-corrected chi connectivity index (χ2v) is 11.1. The van der Waals surface area contributed by atoms with Crippen molar-refractivity contribution in [3.05, 3.63) is 0 Å². The molecule has 4 heterocycles. The monoisotopic (exact) mass is 634 g/mol. The van der Waals surface area contributed by atoms with E-state index in [9.17, 15) is 61.3 Å². The minimum Gasteiger partial charge on any atom is -0.394 e. The van der Waals surface area contributed by atoms with E-state index in [1.165, 1.54) is 13.8 Å². The van der Waals surface area contributed by atoms with Gasteiger partial charge in [-0.3, -0.25) is 0 Å². The Morgan fingerprint density at radius 3 is 1.37 bits per heavy atom. The molecule has 19 nitrogen and oxygen atoms in total. The normalized spacial score (nSPS) is 54.8. The van der Waals surface area contributed by atoms with Crippen LogP contribution in [0.2, 0.25) is 0 Å². The third-order valence-corrected chi connectivity index (χ3v) is 8.13. The van der Waals surface area contributed by atoms with Gasteiger partial charge in [-0.25, -0.2) is 0 Å². The Kier molecular flexibility index (Phi) is 11.7. The number of aliphatic hydroxyl groups excluding tert-OH is 12. The van der Waals surface area contributed by atoms with Crippen molar-refractivity contribution in [3.8, 4) is 0 Å². The molecule has 43 heavy (non-hydrogen) atoms. The molecule has 4 saturated heterocycles. The summed E-state index contributed by atoms with van der Waals surface area (Å²) in [5.74, 6) is 0. The lowest BCUT2D eigenvalue weighted by Crippen LogP contribution is -2.67. The summed E-state index contributed by atoms with van der Waals surface area (Å²) in [5.41, 5.74) is 0. The number of aliphatic hydroxyl groups is 12. The van der Waals surface area contributed by atoms with E-state index < -0.39 is 136 Å². The fourth-order valence-electron chi connectivity index (χ4n) is 5.40. The molecule has 252 valence electrons. The average Bonchev–Trinajstić information content (AvgIpc) is 2.98. The summed E-state index contributed by atoms with van der Waals surface area (Å²) in [5, 5.41) is 123.